The molecule has 0 N–H and O–H groups in total. The minimum absolute atomic E-state index is 0.156. The van der Waals surface area contributed by atoms with Gasteiger partial charge in [-0.3, -0.25) is 14.3 Å². The Bertz CT molecular complexity index is 1460. The lowest BCUT2D eigenvalue weighted by molar-refractivity contribution is 0.541. The van der Waals surface area contributed by atoms with E-state index in [1.165, 1.54) is 24.7 Å². The van der Waals surface area contributed by atoms with Gasteiger partial charge in [0.1, 0.15) is 11.6 Å². The van der Waals surface area contributed by atoms with Crippen molar-refractivity contribution < 1.29 is 8.78 Å². The molecular formula is C23H14F2N4O. The highest BCUT2D eigenvalue weighted by atomic mass is 19.1. The van der Waals surface area contributed by atoms with E-state index in [1.54, 1.807) is 30.6 Å². The fourth-order valence-electron chi connectivity index (χ4n) is 3.45. The normalized spacial score (nSPS) is 11.3. The number of benzene rings is 2. The van der Waals surface area contributed by atoms with E-state index in [1.807, 2.05) is 18.2 Å². The van der Waals surface area contributed by atoms with E-state index in [0.29, 0.717) is 16.6 Å². The van der Waals surface area contributed by atoms with Crippen LogP contribution >= 0.6 is 0 Å². The standard InChI is InChI=1S/C23H14F2N4O/c24-19-9-17(14-3-4-16-11-26-7-5-15(16)8-14)10-20(25)18(19)12-29-13-28-21-2-1-6-27-22(21)23(29)30/h1-11,13H,12H2. The topological polar surface area (TPSA) is 60.7 Å². The van der Waals surface area contributed by atoms with E-state index in [4.69, 9.17) is 0 Å². The Balaban J connectivity index is 1.54. The number of aromatic nitrogens is 4. The number of fused-ring (bicyclic) bond motifs is 2. The monoisotopic (exact) mass is 400 g/mol. The second kappa shape index (κ2) is 7.11. The van der Waals surface area contributed by atoms with Gasteiger partial charge in [-0.05, 0) is 52.9 Å². The maximum Gasteiger partial charge on any atom is 0.280 e. The van der Waals surface area contributed by atoms with Crippen molar-refractivity contribution in [1.82, 2.24) is 19.5 Å². The molecule has 0 aliphatic rings. The number of pyridine rings is 2. The van der Waals surface area contributed by atoms with Gasteiger partial charge in [-0.2, -0.15) is 0 Å². The van der Waals surface area contributed by atoms with Crippen molar-refractivity contribution in [3.63, 3.8) is 0 Å². The maximum absolute atomic E-state index is 14.8. The summed E-state index contributed by atoms with van der Waals surface area (Å²) in [4.78, 5) is 24.8. The lowest BCUT2D eigenvalue weighted by Gasteiger charge is -2.11. The molecule has 7 heteroatoms. The Morgan fingerprint density at radius 1 is 0.867 bits per heavy atom. The van der Waals surface area contributed by atoms with Crippen LogP contribution in [0.1, 0.15) is 5.56 Å². The molecule has 3 aromatic heterocycles. The van der Waals surface area contributed by atoms with Gasteiger partial charge in [0.05, 0.1) is 18.4 Å². The van der Waals surface area contributed by atoms with Gasteiger partial charge in [0.25, 0.3) is 5.56 Å². The van der Waals surface area contributed by atoms with Crippen LogP contribution in [-0.4, -0.2) is 19.5 Å². The molecule has 0 fully saturated rings. The van der Waals surface area contributed by atoms with Crippen molar-refractivity contribution in [3.05, 3.63) is 101 Å². The number of nitrogens with zero attached hydrogens (tertiary/aromatic N) is 4. The van der Waals surface area contributed by atoms with Crippen molar-refractivity contribution in [1.29, 1.82) is 0 Å². The molecule has 0 spiro atoms. The van der Waals surface area contributed by atoms with Crippen molar-refractivity contribution in [3.8, 4) is 11.1 Å². The van der Waals surface area contributed by atoms with E-state index in [0.717, 1.165) is 15.3 Å². The van der Waals surface area contributed by atoms with Crippen LogP contribution < -0.4 is 5.56 Å². The predicted octanol–water partition coefficient (Wildman–Crippen LogP) is 4.33. The van der Waals surface area contributed by atoms with E-state index in [-0.39, 0.29) is 17.6 Å². The van der Waals surface area contributed by atoms with Gasteiger partial charge in [0.15, 0.2) is 5.52 Å². The molecule has 0 aliphatic heterocycles. The molecule has 0 bridgehead atoms. The molecule has 5 nitrogen and oxygen atoms in total. The zero-order chi connectivity index (χ0) is 20.7. The van der Waals surface area contributed by atoms with E-state index in [9.17, 15) is 13.6 Å². The van der Waals surface area contributed by atoms with Gasteiger partial charge in [-0.1, -0.05) is 12.1 Å². The number of rotatable bonds is 3. The Morgan fingerprint density at radius 3 is 2.53 bits per heavy atom. The molecule has 0 radical (unpaired) electrons. The van der Waals surface area contributed by atoms with Crippen LogP contribution in [0.4, 0.5) is 8.78 Å². The van der Waals surface area contributed by atoms with Gasteiger partial charge in [0, 0.05) is 29.5 Å². The Hall–Kier alpha value is -4.00. The third kappa shape index (κ3) is 3.10. The third-order valence-corrected chi connectivity index (χ3v) is 5.03. The first kappa shape index (κ1) is 18.1. The second-order valence-electron chi connectivity index (χ2n) is 6.90. The molecule has 146 valence electrons. The van der Waals surface area contributed by atoms with Crippen molar-refractivity contribution >= 4 is 21.8 Å². The van der Waals surface area contributed by atoms with Gasteiger partial charge in [-0.15, -0.1) is 0 Å². The Morgan fingerprint density at radius 2 is 1.70 bits per heavy atom. The molecule has 0 amide bonds. The minimum Gasteiger partial charge on any atom is -0.293 e. The molecule has 0 saturated heterocycles. The van der Waals surface area contributed by atoms with Crippen LogP contribution in [0.25, 0.3) is 32.9 Å². The van der Waals surface area contributed by atoms with Crippen molar-refractivity contribution in [2.45, 2.75) is 6.54 Å². The Kier molecular flexibility index (Phi) is 4.28. The van der Waals surface area contributed by atoms with E-state index >= 15 is 0 Å². The highest BCUT2D eigenvalue weighted by Crippen LogP contribution is 2.27. The fraction of sp³-hybridized carbons (Fsp3) is 0.0435. The first-order chi connectivity index (χ1) is 14.6. The number of hydrogen-bond donors (Lipinski definition) is 0. The molecule has 3 heterocycles. The maximum atomic E-state index is 14.8. The zero-order valence-electron chi connectivity index (χ0n) is 15.6. The van der Waals surface area contributed by atoms with Crippen LogP contribution in [0.5, 0.6) is 0 Å². The molecule has 5 rings (SSSR count). The Labute approximate surface area is 169 Å². The molecule has 0 aliphatic carbocycles. The summed E-state index contributed by atoms with van der Waals surface area (Å²) < 4.78 is 30.8. The van der Waals surface area contributed by atoms with Crippen molar-refractivity contribution in [2.24, 2.45) is 0 Å². The average Bonchev–Trinajstić information content (AvgIpc) is 2.77. The first-order valence-corrected chi connectivity index (χ1v) is 9.22. The summed E-state index contributed by atoms with van der Waals surface area (Å²) in [5.74, 6) is -1.46. The molecule has 5 aromatic rings. The minimum atomic E-state index is -0.729. The lowest BCUT2D eigenvalue weighted by Crippen LogP contribution is -2.23. The van der Waals surface area contributed by atoms with Crippen LogP contribution in [0.3, 0.4) is 0 Å². The van der Waals surface area contributed by atoms with E-state index < -0.39 is 17.2 Å². The van der Waals surface area contributed by atoms with Gasteiger partial charge in [-0.25, -0.2) is 18.7 Å². The predicted molar refractivity (Wildman–Crippen MR) is 110 cm³/mol. The average molecular weight is 400 g/mol. The van der Waals surface area contributed by atoms with Crippen LogP contribution in [0.2, 0.25) is 0 Å². The summed E-state index contributed by atoms with van der Waals surface area (Å²) in [6, 6.07) is 13.2. The second-order valence-corrected chi connectivity index (χ2v) is 6.90. The zero-order valence-corrected chi connectivity index (χ0v) is 15.6. The smallest absolute Gasteiger partial charge is 0.280 e. The summed E-state index contributed by atoms with van der Waals surface area (Å²) in [5, 5.41) is 1.87. The molecule has 0 atom stereocenters. The van der Waals surface area contributed by atoms with E-state index in [2.05, 4.69) is 15.0 Å². The van der Waals surface area contributed by atoms with Crippen LogP contribution in [0, 0.1) is 11.6 Å². The summed E-state index contributed by atoms with van der Waals surface area (Å²) in [6.45, 7) is -0.278. The van der Waals surface area contributed by atoms with Gasteiger partial charge >= 0.3 is 0 Å². The summed E-state index contributed by atoms with van der Waals surface area (Å²) >= 11 is 0. The molecule has 30 heavy (non-hydrogen) atoms. The lowest BCUT2D eigenvalue weighted by atomic mass is 10.0. The summed E-state index contributed by atoms with van der Waals surface area (Å²) in [6.07, 6.45) is 6.15. The largest absolute Gasteiger partial charge is 0.293 e. The van der Waals surface area contributed by atoms with Crippen LogP contribution in [0.15, 0.2) is 78.2 Å². The highest BCUT2D eigenvalue weighted by molar-refractivity contribution is 5.86. The fourth-order valence-corrected chi connectivity index (χ4v) is 3.45. The quantitative estimate of drug-likeness (QED) is 0.452. The third-order valence-electron chi connectivity index (χ3n) is 5.03. The molecule has 2 aromatic carbocycles. The molecular weight excluding hydrogens is 386 g/mol. The van der Waals surface area contributed by atoms with Gasteiger partial charge < -0.3 is 0 Å². The van der Waals surface area contributed by atoms with Gasteiger partial charge in [0.2, 0.25) is 0 Å². The molecule has 0 unspecified atom stereocenters. The summed E-state index contributed by atoms with van der Waals surface area (Å²) in [5.41, 5.74) is 1.03. The van der Waals surface area contributed by atoms with Crippen molar-refractivity contribution in [2.75, 3.05) is 0 Å². The number of halogens is 2. The number of hydrogen-bond acceptors (Lipinski definition) is 4. The first-order valence-electron chi connectivity index (χ1n) is 9.22. The highest BCUT2D eigenvalue weighted by Gasteiger charge is 2.15. The molecule has 0 saturated carbocycles. The SMILES string of the molecule is O=c1c2ncccc2ncn1Cc1c(F)cc(-c2ccc3cnccc3c2)cc1F. The summed E-state index contributed by atoms with van der Waals surface area (Å²) in [7, 11) is 0. The van der Waals surface area contributed by atoms with Crippen LogP contribution in [-0.2, 0) is 6.54 Å².